The van der Waals surface area contributed by atoms with Gasteiger partial charge in [0.2, 0.25) is 0 Å². The van der Waals surface area contributed by atoms with Gasteiger partial charge in [-0.15, -0.1) is 0 Å². The van der Waals surface area contributed by atoms with Gasteiger partial charge in [0.1, 0.15) is 5.82 Å². The van der Waals surface area contributed by atoms with Crippen LogP contribution in [-0.4, -0.2) is 24.7 Å². The lowest BCUT2D eigenvalue weighted by Gasteiger charge is -2.11. The Morgan fingerprint density at radius 2 is 2.14 bits per heavy atom. The molecule has 2 N–H and O–H groups in total. The van der Waals surface area contributed by atoms with E-state index in [2.05, 4.69) is 37.0 Å². The highest BCUT2D eigenvalue weighted by Gasteiger charge is 2.09. The van der Waals surface area contributed by atoms with Crippen molar-refractivity contribution >= 4 is 5.69 Å². The molecule has 1 aromatic carbocycles. The molecule has 0 amide bonds. The van der Waals surface area contributed by atoms with Gasteiger partial charge in [0.05, 0.1) is 18.6 Å². The van der Waals surface area contributed by atoms with E-state index in [9.17, 15) is 0 Å². The van der Waals surface area contributed by atoms with Crippen molar-refractivity contribution in [1.82, 2.24) is 24.7 Å². The molecule has 0 fully saturated rings. The molecule has 0 aliphatic heterocycles. The first kappa shape index (κ1) is 13.4. The Balaban J connectivity index is 1.83. The third-order valence-corrected chi connectivity index (χ3v) is 3.36. The molecule has 0 aliphatic carbocycles. The molecular weight excluding hydrogens is 264 g/mol. The molecule has 0 saturated heterocycles. The van der Waals surface area contributed by atoms with Crippen LogP contribution in [0.25, 0.3) is 11.4 Å². The number of H-pyrrole nitrogens is 1. The lowest BCUT2D eigenvalue weighted by molar-refractivity contribution is 0.719. The lowest BCUT2D eigenvalue weighted by atomic mass is 10.1. The molecule has 0 spiro atoms. The summed E-state index contributed by atoms with van der Waals surface area (Å²) < 4.78 is 2.12. The van der Waals surface area contributed by atoms with Crippen molar-refractivity contribution < 1.29 is 0 Å². The summed E-state index contributed by atoms with van der Waals surface area (Å²) in [5.74, 6) is 1.52. The number of anilines is 1. The number of aromatic nitrogens is 5. The Labute approximate surface area is 123 Å². The van der Waals surface area contributed by atoms with Gasteiger partial charge >= 0.3 is 0 Å². The molecule has 2 heterocycles. The maximum Gasteiger partial charge on any atom is 0.183 e. The normalized spacial score (nSPS) is 10.8. The summed E-state index contributed by atoms with van der Waals surface area (Å²) in [7, 11) is 0. The molecule has 0 aliphatic rings. The topological polar surface area (TPSA) is 71.4 Å². The third kappa shape index (κ3) is 2.79. The van der Waals surface area contributed by atoms with Gasteiger partial charge in [-0.1, -0.05) is 12.1 Å². The highest BCUT2D eigenvalue weighted by molar-refractivity contribution is 5.73. The Bertz CT molecular complexity index is 727. The van der Waals surface area contributed by atoms with Crippen LogP contribution in [0, 0.1) is 6.92 Å². The average Bonchev–Trinajstić information content (AvgIpc) is 3.13. The fraction of sp³-hybridized carbons (Fsp3) is 0.267. The van der Waals surface area contributed by atoms with Crippen LogP contribution in [0.5, 0.6) is 0 Å². The fourth-order valence-corrected chi connectivity index (χ4v) is 2.26. The SMILES string of the molecule is CCn1cncc1CNc1ccccc1-c1n[nH]c(C)n1. The van der Waals surface area contributed by atoms with Crippen molar-refractivity contribution in [2.45, 2.75) is 26.9 Å². The predicted molar refractivity (Wildman–Crippen MR) is 81.8 cm³/mol. The first-order valence-corrected chi connectivity index (χ1v) is 6.99. The quantitative estimate of drug-likeness (QED) is 0.754. The van der Waals surface area contributed by atoms with E-state index in [1.807, 2.05) is 43.7 Å². The van der Waals surface area contributed by atoms with Crippen LogP contribution in [-0.2, 0) is 13.1 Å². The van der Waals surface area contributed by atoms with E-state index in [-0.39, 0.29) is 0 Å². The lowest BCUT2D eigenvalue weighted by Crippen LogP contribution is -2.06. The number of aryl methyl sites for hydroxylation is 2. The van der Waals surface area contributed by atoms with Crippen molar-refractivity contribution in [1.29, 1.82) is 0 Å². The monoisotopic (exact) mass is 282 g/mol. The third-order valence-electron chi connectivity index (χ3n) is 3.36. The molecule has 6 nitrogen and oxygen atoms in total. The Morgan fingerprint density at radius 3 is 2.90 bits per heavy atom. The molecule has 0 saturated carbocycles. The molecule has 0 unspecified atom stereocenters. The summed E-state index contributed by atoms with van der Waals surface area (Å²) in [5, 5.41) is 10.6. The summed E-state index contributed by atoms with van der Waals surface area (Å²) in [5.41, 5.74) is 3.16. The molecule has 2 aromatic heterocycles. The van der Waals surface area contributed by atoms with Crippen molar-refractivity contribution in [2.24, 2.45) is 0 Å². The van der Waals surface area contributed by atoms with Gasteiger partial charge in [-0.3, -0.25) is 5.10 Å². The summed E-state index contributed by atoms with van der Waals surface area (Å²) >= 11 is 0. The zero-order valence-corrected chi connectivity index (χ0v) is 12.2. The van der Waals surface area contributed by atoms with Crippen LogP contribution in [0.15, 0.2) is 36.8 Å². The Morgan fingerprint density at radius 1 is 1.29 bits per heavy atom. The smallest absolute Gasteiger partial charge is 0.183 e. The number of para-hydroxylation sites is 1. The zero-order valence-electron chi connectivity index (χ0n) is 12.2. The second-order valence-electron chi connectivity index (χ2n) is 4.81. The minimum atomic E-state index is 0.708. The Kier molecular flexibility index (Phi) is 3.68. The van der Waals surface area contributed by atoms with Gasteiger partial charge < -0.3 is 9.88 Å². The summed E-state index contributed by atoms with van der Waals surface area (Å²) in [4.78, 5) is 8.58. The zero-order chi connectivity index (χ0) is 14.7. The second kappa shape index (κ2) is 5.78. The molecule has 108 valence electrons. The number of hydrogen-bond acceptors (Lipinski definition) is 4. The maximum absolute atomic E-state index is 4.40. The van der Waals surface area contributed by atoms with Gasteiger partial charge in [-0.2, -0.15) is 5.10 Å². The van der Waals surface area contributed by atoms with E-state index in [4.69, 9.17) is 0 Å². The molecule has 3 rings (SSSR count). The van der Waals surface area contributed by atoms with Gasteiger partial charge in [-0.25, -0.2) is 9.97 Å². The van der Waals surface area contributed by atoms with E-state index in [1.165, 1.54) is 0 Å². The average molecular weight is 282 g/mol. The maximum atomic E-state index is 4.40. The highest BCUT2D eigenvalue weighted by Crippen LogP contribution is 2.25. The van der Waals surface area contributed by atoms with Crippen LogP contribution >= 0.6 is 0 Å². The Hall–Kier alpha value is -2.63. The highest BCUT2D eigenvalue weighted by atomic mass is 15.2. The van der Waals surface area contributed by atoms with Crippen molar-refractivity contribution in [3.8, 4) is 11.4 Å². The molecule has 0 bridgehead atoms. The van der Waals surface area contributed by atoms with Gasteiger partial charge in [-0.05, 0) is 26.0 Å². The van der Waals surface area contributed by atoms with Gasteiger partial charge in [0, 0.05) is 24.0 Å². The number of imidazole rings is 1. The standard InChI is InChI=1S/C15H18N6/c1-3-21-10-16-8-12(21)9-17-14-7-5-4-6-13(14)15-18-11(2)19-20-15/h4-8,10,17H,3,9H2,1-2H3,(H,18,19,20). The van der Waals surface area contributed by atoms with Crippen LogP contribution in [0.2, 0.25) is 0 Å². The van der Waals surface area contributed by atoms with E-state index in [0.29, 0.717) is 12.4 Å². The molecule has 0 atom stereocenters. The van der Waals surface area contributed by atoms with Crippen LogP contribution in [0.4, 0.5) is 5.69 Å². The minimum absolute atomic E-state index is 0.708. The van der Waals surface area contributed by atoms with Crippen molar-refractivity contribution in [3.63, 3.8) is 0 Å². The van der Waals surface area contributed by atoms with E-state index in [0.717, 1.165) is 29.3 Å². The van der Waals surface area contributed by atoms with Crippen LogP contribution in [0.3, 0.4) is 0 Å². The second-order valence-corrected chi connectivity index (χ2v) is 4.81. The molecule has 0 radical (unpaired) electrons. The number of aromatic amines is 1. The van der Waals surface area contributed by atoms with Gasteiger partial charge in [0.15, 0.2) is 5.82 Å². The number of benzene rings is 1. The van der Waals surface area contributed by atoms with Crippen LogP contribution < -0.4 is 5.32 Å². The summed E-state index contributed by atoms with van der Waals surface area (Å²) in [6.45, 7) is 5.63. The van der Waals surface area contributed by atoms with Crippen LogP contribution in [0.1, 0.15) is 18.4 Å². The molecule has 21 heavy (non-hydrogen) atoms. The number of hydrogen-bond donors (Lipinski definition) is 2. The van der Waals surface area contributed by atoms with E-state index >= 15 is 0 Å². The molecular formula is C15H18N6. The predicted octanol–water partition coefficient (Wildman–Crippen LogP) is 2.61. The number of nitrogens with one attached hydrogen (secondary N) is 2. The summed E-state index contributed by atoms with van der Waals surface area (Å²) in [6.07, 6.45) is 3.73. The first-order chi connectivity index (χ1) is 10.3. The molecule has 3 aromatic rings. The first-order valence-electron chi connectivity index (χ1n) is 6.99. The fourth-order valence-electron chi connectivity index (χ4n) is 2.26. The van der Waals surface area contributed by atoms with Crippen molar-refractivity contribution in [3.05, 3.63) is 48.3 Å². The van der Waals surface area contributed by atoms with E-state index in [1.54, 1.807) is 0 Å². The largest absolute Gasteiger partial charge is 0.379 e. The summed E-state index contributed by atoms with van der Waals surface area (Å²) in [6, 6.07) is 8.04. The molecule has 6 heteroatoms. The minimum Gasteiger partial charge on any atom is -0.379 e. The van der Waals surface area contributed by atoms with Crippen molar-refractivity contribution in [2.75, 3.05) is 5.32 Å². The van der Waals surface area contributed by atoms with Gasteiger partial charge in [0.25, 0.3) is 0 Å². The van der Waals surface area contributed by atoms with E-state index < -0.39 is 0 Å². The number of rotatable bonds is 5. The number of nitrogens with zero attached hydrogens (tertiary/aromatic N) is 4.